The molecule has 0 aromatic carbocycles. The van der Waals surface area contributed by atoms with Crippen molar-refractivity contribution in [2.24, 2.45) is 10.7 Å². The number of rotatable bonds is 3. The molecular weight excluding hydrogens is 228 g/mol. The first kappa shape index (κ1) is 13.6. The molecule has 0 radical (unpaired) electrons. The van der Waals surface area contributed by atoms with Gasteiger partial charge in [-0.1, -0.05) is 0 Å². The van der Waals surface area contributed by atoms with Gasteiger partial charge in [0.25, 0.3) is 0 Å². The number of guanidine groups is 1. The Morgan fingerprint density at radius 1 is 1.17 bits per heavy atom. The van der Waals surface area contributed by atoms with Crippen molar-refractivity contribution in [1.82, 2.24) is 9.80 Å². The third-order valence-electron chi connectivity index (χ3n) is 3.87. The molecular formula is C13H26N4O. The fourth-order valence-corrected chi connectivity index (χ4v) is 2.58. The Morgan fingerprint density at radius 2 is 1.83 bits per heavy atom. The lowest BCUT2D eigenvalue weighted by molar-refractivity contribution is 0.0220. The highest BCUT2D eigenvalue weighted by Gasteiger charge is 2.17. The Balaban J connectivity index is 1.77. The van der Waals surface area contributed by atoms with Gasteiger partial charge >= 0.3 is 0 Å². The number of hydrogen-bond acceptors (Lipinski definition) is 3. The van der Waals surface area contributed by atoms with Crippen molar-refractivity contribution in [2.75, 3.05) is 45.9 Å². The highest BCUT2D eigenvalue weighted by atomic mass is 16.5. The molecule has 2 aliphatic rings. The van der Waals surface area contributed by atoms with Gasteiger partial charge in [-0.05, 0) is 26.2 Å². The normalized spacial score (nSPS) is 25.2. The van der Waals surface area contributed by atoms with E-state index in [9.17, 15) is 0 Å². The number of morpholine rings is 1. The van der Waals surface area contributed by atoms with Gasteiger partial charge < -0.3 is 15.4 Å². The minimum absolute atomic E-state index is 0.456. The molecule has 0 bridgehead atoms. The van der Waals surface area contributed by atoms with Crippen LogP contribution in [0.5, 0.6) is 0 Å². The summed E-state index contributed by atoms with van der Waals surface area (Å²) >= 11 is 0. The summed E-state index contributed by atoms with van der Waals surface area (Å²) < 4.78 is 5.36. The average molecular weight is 254 g/mol. The van der Waals surface area contributed by atoms with E-state index < -0.39 is 0 Å². The fraction of sp³-hybridized carbons (Fsp3) is 0.923. The number of nitrogens with zero attached hydrogens (tertiary/aromatic N) is 3. The molecule has 2 rings (SSSR count). The maximum Gasteiger partial charge on any atom is 0.191 e. The second-order valence-electron chi connectivity index (χ2n) is 5.24. The van der Waals surface area contributed by atoms with Gasteiger partial charge in [0.1, 0.15) is 0 Å². The standard InChI is InChI=1S/C13H26N4O/c1-12(16-7-9-18-10-8-16)11-15-13(14)17-5-3-2-4-6-17/h12H,2-11H2,1H3,(H2,14,15). The molecule has 0 spiro atoms. The number of likely N-dealkylation sites (tertiary alicyclic amines) is 1. The zero-order valence-corrected chi connectivity index (χ0v) is 11.5. The highest BCUT2D eigenvalue weighted by molar-refractivity contribution is 5.78. The minimum Gasteiger partial charge on any atom is -0.379 e. The summed E-state index contributed by atoms with van der Waals surface area (Å²) in [5, 5.41) is 0. The molecule has 2 fully saturated rings. The zero-order chi connectivity index (χ0) is 12.8. The van der Waals surface area contributed by atoms with Crippen LogP contribution in [0.3, 0.4) is 0 Å². The van der Waals surface area contributed by atoms with Crippen LogP contribution in [0.4, 0.5) is 0 Å². The van der Waals surface area contributed by atoms with Crippen molar-refractivity contribution in [3.8, 4) is 0 Å². The van der Waals surface area contributed by atoms with E-state index in [0.717, 1.165) is 51.9 Å². The lowest BCUT2D eigenvalue weighted by atomic mass is 10.1. The van der Waals surface area contributed by atoms with E-state index in [2.05, 4.69) is 21.7 Å². The fourth-order valence-electron chi connectivity index (χ4n) is 2.58. The molecule has 0 aromatic heterocycles. The second kappa shape index (κ2) is 6.95. The van der Waals surface area contributed by atoms with Crippen LogP contribution < -0.4 is 5.73 Å². The summed E-state index contributed by atoms with van der Waals surface area (Å²) in [4.78, 5) is 9.21. The van der Waals surface area contributed by atoms with E-state index in [1.165, 1.54) is 19.3 Å². The van der Waals surface area contributed by atoms with Crippen LogP contribution in [-0.2, 0) is 4.74 Å². The van der Waals surface area contributed by atoms with Crippen molar-refractivity contribution >= 4 is 5.96 Å². The first-order valence-electron chi connectivity index (χ1n) is 7.14. The topological polar surface area (TPSA) is 54.1 Å². The van der Waals surface area contributed by atoms with Gasteiger partial charge in [-0.2, -0.15) is 0 Å². The van der Waals surface area contributed by atoms with E-state index in [1.807, 2.05) is 0 Å². The maximum absolute atomic E-state index is 6.06. The molecule has 2 saturated heterocycles. The van der Waals surface area contributed by atoms with Crippen molar-refractivity contribution in [1.29, 1.82) is 0 Å². The Labute approximate surface area is 110 Å². The number of piperidine rings is 1. The van der Waals surface area contributed by atoms with Crippen LogP contribution in [0.15, 0.2) is 4.99 Å². The van der Waals surface area contributed by atoms with Gasteiger partial charge in [0.2, 0.25) is 0 Å². The zero-order valence-electron chi connectivity index (χ0n) is 11.5. The molecule has 5 heteroatoms. The summed E-state index contributed by atoms with van der Waals surface area (Å²) in [6.45, 7) is 8.87. The first-order chi connectivity index (χ1) is 8.77. The van der Waals surface area contributed by atoms with Gasteiger partial charge in [-0.3, -0.25) is 9.89 Å². The van der Waals surface area contributed by atoms with Gasteiger partial charge in [0.05, 0.1) is 19.8 Å². The minimum atomic E-state index is 0.456. The van der Waals surface area contributed by atoms with Crippen molar-refractivity contribution in [2.45, 2.75) is 32.2 Å². The van der Waals surface area contributed by atoms with E-state index in [-0.39, 0.29) is 0 Å². The summed E-state index contributed by atoms with van der Waals surface area (Å²) in [7, 11) is 0. The van der Waals surface area contributed by atoms with Crippen LogP contribution >= 0.6 is 0 Å². The van der Waals surface area contributed by atoms with Crippen LogP contribution in [0.25, 0.3) is 0 Å². The Hall–Kier alpha value is -0.810. The molecule has 2 aliphatic heterocycles. The smallest absolute Gasteiger partial charge is 0.191 e. The van der Waals surface area contributed by atoms with Crippen LogP contribution in [0.2, 0.25) is 0 Å². The number of ether oxygens (including phenoxy) is 1. The van der Waals surface area contributed by atoms with Crippen molar-refractivity contribution in [3.63, 3.8) is 0 Å². The monoisotopic (exact) mass is 254 g/mol. The summed E-state index contributed by atoms with van der Waals surface area (Å²) in [5.74, 6) is 0.731. The molecule has 2 N–H and O–H groups in total. The molecule has 104 valence electrons. The van der Waals surface area contributed by atoms with E-state index in [4.69, 9.17) is 10.5 Å². The molecule has 18 heavy (non-hydrogen) atoms. The quantitative estimate of drug-likeness (QED) is 0.589. The summed E-state index contributed by atoms with van der Waals surface area (Å²) in [6, 6.07) is 0.456. The maximum atomic E-state index is 6.06. The highest BCUT2D eigenvalue weighted by Crippen LogP contribution is 2.08. The first-order valence-corrected chi connectivity index (χ1v) is 7.14. The van der Waals surface area contributed by atoms with Crippen LogP contribution in [0, 0.1) is 0 Å². The number of nitrogens with two attached hydrogens (primary N) is 1. The van der Waals surface area contributed by atoms with Gasteiger partial charge in [0.15, 0.2) is 5.96 Å². The SMILES string of the molecule is CC(CN=C(N)N1CCCCC1)N1CCOCC1. The molecule has 0 amide bonds. The third kappa shape index (κ3) is 3.85. The summed E-state index contributed by atoms with van der Waals surface area (Å²) in [5.41, 5.74) is 6.06. The van der Waals surface area contributed by atoms with Crippen LogP contribution in [0.1, 0.15) is 26.2 Å². The Morgan fingerprint density at radius 3 is 2.50 bits per heavy atom. The average Bonchev–Trinajstić information content (AvgIpc) is 2.46. The van der Waals surface area contributed by atoms with E-state index in [0.29, 0.717) is 6.04 Å². The molecule has 1 atom stereocenters. The molecule has 1 unspecified atom stereocenters. The lowest BCUT2D eigenvalue weighted by Crippen LogP contribution is -2.45. The third-order valence-corrected chi connectivity index (χ3v) is 3.87. The van der Waals surface area contributed by atoms with Gasteiger partial charge in [-0.15, -0.1) is 0 Å². The van der Waals surface area contributed by atoms with E-state index in [1.54, 1.807) is 0 Å². The lowest BCUT2D eigenvalue weighted by Gasteiger charge is -2.32. The molecule has 0 aromatic rings. The van der Waals surface area contributed by atoms with Crippen molar-refractivity contribution < 1.29 is 4.74 Å². The molecule has 0 aliphatic carbocycles. The second-order valence-corrected chi connectivity index (χ2v) is 5.24. The predicted octanol–water partition coefficient (Wildman–Crippen LogP) is 0.508. The summed E-state index contributed by atoms with van der Waals surface area (Å²) in [6.07, 6.45) is 3.82. The Kier molecular flexibility index (Phi) is 5.26. The van der Waals surface area contributed by atoms with Crippen molar-refractivity contribution in [3.05, 3.63) is 0 Å². The largest absolute Gasteiger partial charge is 0.379 e. The number of hydrogen-bond donors (Lipinski definition) is 1. The molecule has 0 saturated carbocycles. The van der Waals surface area contributed by atoms with Gasteiger partial charge in [0, 0.05) is 32.2 Å². The number of aliphatic imine (C=N–C) groups is 1. The van der Waals surface area contributed by atoms with Gasteiger partial charge in [-0.25, -0.2) is 0 Å². The van der Waals surface area contributed by atoms with Crippen LogP contribution in [-0.4, -0.2) is 67.7 Å². The Bertz CT molecular complexity index is 270. The molecule has 5 nitrogen and oxygen atoms in total. The molecule has 2 heterocycles. The predicted molar refractivity (Wildman–Crippen MR) is 73.8 cm³/mol. The van der Waals surface area contributed by atoms with E-state index >= 15 is 0 Å².